The second-order valence-corrected chi connectivity index (χ2v) is 4.20. The van der Waals surface area contributed by atoms with E-state index in [9.17, 15) is 9.18 Å². The average molecular weight is 239 g/mol. The van der Waals surface area contributed by atoms with Crippen LogP contribution in [0.25, 0.3) is 0 Å². The van der Waals surface area contributed by atoms with Crippen LogP contribution in [0.15, 0.2) is 18.2 Å². The van der Waals surface area contributed by atoms with Gasteiger partial charge in [0, 0.05) is 18.7 Å². The van der Waals surface area contributed by atoms with Gasteiger partial charge in [0.2, 0.25) is 5.91 Å². The van der Waals surface area contributed by atoms with Gasteiger partial charge in [-0.15, -0.1) is 11.6 Å². The first kappa shape index (κ1) is 10.9. The van der Waals surface area contributed by atoms with Crippen LogP contribution in [0.3, 0.4) is 0 Å². The van der Waals surface area contributed by atoms with E-state index in [1.807, 2.05) is 0 Å². The minimum atomic E-state index is -0.620. The molecule has 82 valence electrons. The monoisotopic (exact) mass is 238 g/mol. The van der Waals surface area contributed by atoms with Crippen molar-refractivity contribution >= 4 is 23.2 Å². The van der Waals surface area contributed by atoms with Gasteiger partial charge in [-0.25, -0.2) is 4.39 Å². The molecule has 2 rings (SSSR count). The van der Waals surface area contributed by atoms with E-state index < -0.39 is 5.82 Å². The standard InChI is InChI=1S/C11H8ClFN2O/c12-8-3-11(16)15(6-8)9-2-1-7(5-14)10(13)4-9/h1-2,4,8H,3,6H2. The van der Waals surface area contributed by atoms with Crippen LogP contribution in [-0.4, -0.2) is 17.8 Å². The maximum atomic E-state index is 13.3. The number of carbonyl (C=O) groups is 1. The lowest BCUT2D eigenvalue weighted by Gasteiger charge is -2.15. The molecule has 0 saturated carbocycles. The Morgan fingerprint density at radius 1 is 1.56 bits per heavy atom. The van der Waals surface area contributed by atoms with Crippen LogP contribution in [0.2, 0.25) is 0 Å². The van der Waals surface area contributed by atoms with E-state index in [1.54, 1.807) is 12.1 Å². The van der Waals surface area contributed by atoms with Gasteiger partial charge in [-0.2, -0.15) is 5.26 Å². The lowest BCUT2D eigenvalue weighted by Crippen LogP contribution is -2.24. The zero-order valence-electron chi connectivity index (χ0n) is 8.28. The number of hydrogen-bond donors (Lipinski definition) is 0. The van der Waals surface area contributed by atoms with Crippen LogP contribution in [0.1, 0.15) is 12.0 Å². The van der Waals surface area contributed by atoms with E-state index in [0.29, 0.717) is 12.2 Å². The summed E-state index contributed by atoms with van der Waals surface area (Å²) in [5.74, 6) is -0.741. The molecule has 0 spiro atoms. The molecule has 5 heteroatoms. The summed E-state index contributed by atoms with van der Waals surface area (Å²) in [5, 5.41) is 8.35. The first-order chi connectivity index (χ1) is 7.61. The third kappa shape index (κ3) is 1.86. The van der Waals surface area contributed by atoms with Gasteiger partial charge in [0.05, 0.1) is 10.9 Å². The summed E-state index contributed by atoms with van der Waals surface area (Å²) in [6.45, 7) is 0.381. The van der Waals surface area contributed by atoms with Gasteiger partial charge in [-0.3, -0.25) is 4.79 Å². The molecule has 1 aliphatic rings. The topological polar surface area (TPSA) is 44.1 Å². The number of anilines is 1. The minimum absolute atomic E-state index is 0.0298. The molecule has 0 aromatic heterocycles. The van der Waals surface area contributed by atoms with Crippen LogP contribution >= 0.6 is 11.6 Å². The Kier molecular flexibility index (Phi) is 2.80. The third-order valence-electron chi connectivity index (χ3n) is 2.46. The van der Waals surface area contributed by atoms with Gasteiger partial charge < -0.3 is 4.90 Å². The number of rotatable bonds is 1. The van der Waals surface area contributed by atoms with Crippen LogP contribution in [0.4, 0.5) is 10.1 Å². The number of nitrogens with zero attached hydrogens (tertiary/aromatic N) is 2. The Bertz CT molecular complexity index is 483. The molecule has 0 aliphatic carbocycles. The molecule has 1 aromatic rings. The molecule has 0 N–H and O–H groups in total. The fourth-order valence-electron chi connectivity index (χ4n) is 1.68. The number of halogens is 2. The van der Waals surface area contributed by atoms with Crippen molar-refractivity contribution in [2.75, 3.05) is 11.4 Å². The van der Waals surface area contributed by atoms with Crippen LogP contribution in [0.5, 0.6) is 0 Å². The third-order valence-corrected chi connectivity index (χ3v) is 2.75. The summed E-state index contributed by atoms with van der Waals surface area (Å²) in [7, 11) is 0. The zero-order chi connectivity index (χ0) is 11.7. The molecule has 1 unspecified atom stereocenters. The lowest BCUT2D eigenvalue weighted by atomic mass is 10.2. The molecule has 16 heavy (non-hydrogen) atoms. The smallest absolute Gasteiger partial charge is 0.228 e. The Balaban J connectivity index is 2.32. The van der Waals surface area contributed by atoms with Crippen molar-refractivity contribution in [2.45, 2.75) is 11.8 Å². The Morgan fingerprint density at radius 2 is 2.31 bits per heavy atom. The summed E-state index contributed by atoms with van der Waals surface area (Å²) < 4.78 is 13.3. The first-order valence-corrected chi connectivity index (χ1v) is 5.19. The Labute approximate surface area is 97.0 Å². The second-order valence-electron chi connectivity index (χ2n) is 3.58. The molecule has 1 heterocycles. The molecule has 1 saturated heterocycles. The average Bonchev–Trinajstić information content (AvgIpc) is 2.58. The van der Waals surface area contributed by atoms with Crippen molar-refractivity contribution in [3.63, 3.8) is 0 Å². The highest BCUT2D eigenvalue weighted by Gasteiger charge is 2.29. The number of amides is 1. The summed E-state index contributed by atoms with van der Waals surface area (Å²) >= 11 is 5.84. The quantitative estimate of drug-likeness (QED) is 0.703. The van der Waals surface area contributed by atoms with Gasteiger partial charge >= 0.3 is 0 Å². The highest BCUT2D eigenvalue weighted by Crippen LogP contribution is 2.25. The predicted molar refractivity (Wildman–Crippen MR) is 57.7 cm³/mol. The van der Waals surface area contributed by atoms with Crippen molar-refractivity contribution in [2.24, 2.45) is 0 Å². The number of carbonyl (C=O) groups excluding carboxylic acids is 1. The molecule has 1 atom stereocenters. The van der Waals surface area contributed by atoms with Gasteiger partial charge in [0.25, 0.3) is 0 Å². The maximum Gasteiger partial charge on any atom is 0.228 e. The van der Waals surface area contributed by atoms with Crippen molar-refractivity contribution in [1.29, 1.82) is 5.26 Å². The van der Waals surface area contributed by atoms with Gasteiger partial charge in [-0.05, 0) is 18.2 Å². The molecule has 1 fully saturated rings. The summed E-state index contributed by atoms with van der Waals surface area (Å²) in [5.41, 5.74) is 0.419. The summed E-state index contributed by atoms with van der Waals surface area (Å²) in [6, 6.07) is 5.83. The largest absolute Gasteiger partial charge is 0.311 e. The predicted octanol–water partition coefficient (Wildman–Crippen LogP) is 2.04. The SMILES string of the molecule is N#Cc1ccc(N2CC(Cl)CC2=O)cc1F. The van der Waals surface area contributed by atoms with E-state index in [1.165, 1.54) is 17.0 Å². The normalized spacial score (nSPS) is 19.9. The summed E-state index contributed by atoms with van der Waals surface area (Å²) in [6.07, 6.45) is 0.267. The first-order valence-electron chi connectivity index (χ1n) is 4.76. The van der Waals surface area contributed by atoms with Gasteiger partial charge in [0.15, 0.2) is 0 Å². The number of hydrogen-bond acceptors (Lipinski definition) is 2. The molecular weight excluding hydrogens is 231 g/mol. The highest BCUT2D eigenvalue weighted by molar-refractivity contribution is 6.24. The molecule has 1 amide bonds. The molecular formula is C11H8ClFN2O. The van der Waals surface area contributed by atoms with E-state index in [0.717, 1.165) is 0 Å². The van der Waals surface area contributed by atoms with E-state index >= 15 is 0 Å². The van der Waals surface area contributed by atoms with Crippen LogP contribution in [-0.2, 0) is 4.79 Å². The minimum Gasteiger partial charge on any atom is -0.311 e. The number of nitriles is 1. The molecule has 1 aromatic carbocycles. The van der Waals surface area contributed by atoms with Crippen molar-refractivity contribution in [3.8, 4) is 6.07 Å². The van der Waals surface area contributed by atoms with E-state index in [-0.39, 0.29) is 23.3 Å². The molecule has 0 radical (unpaired) electrons. The molecule has 3 nitrogen and oxygen atoms in total. The number of benzene rings is 1. The number of alkyl halides is 1. The van der Waals surface area contributed by atoms with E-state index in [4.69, 9.17) is 16.9 Å². The van der Waals surface area contributed by atoms with Crippen molar-refractivity contribution in [1.82, 2.24) is 0 Å². The van der Waals surface area contributed by atoms with Crippen molar-refractivity contribution in [3.05, 3.63) is 29.6 Å². The zero-order valence-corrected chi connectivity index (χ0v) is 9.04. The summed E-state index contributed by atoms with van der Waals surface area (Å²) in [4.78, 5) is 12.9. The lowest BCUT2D eigenvalue weighted by molar-refractivity contribution is -0.117. The van der Waals surface area contributed by atoms with Crippen LogP contribution in [0, 0.1) is 17.1 Å². The fourth-order valence-corrected chi connectivity index (χ4v) is 1.95. The highest BCUT2D eigenvalue weighted by atomic mass is 35.5. The Morgan fingerprint density at radius 3 is 2.81 bits per heavy atom. The van der Waals surface area contributed by atoms with Gasteiger partial charge in [0.1, 0.15) is 11.9 Å². The maximum absolute atomic E-state index is 13.3. The van der Waals surface area contributed by atoms with Gasteiger partial charge in [-0.1, -0.05) is 0 Å². The fraction of sp³-hybridized carbons (Fsp3) is 0.273. The van der Waals surface area contributed by atoms with Crippen molar-refractivity contribution < 1.29 is 9.18 Å². The molecule has 1 aliphatic heterocycles. The molecule has 0 bridgehead atoms. The van der Waals surface area contributed by atoms with E-state index in [2.05, 4.69) is 0 Å². The van der Waals surface area contributed by atoms with Crippen LogP contribution < -0.4 is 4.90 Å². The Hall–Kier alpha value is -1.60. The second kappa shape index (κ2) is 4.11.